The zero-order valence-corrected chi connectivity index (χ0v) is 71.3. The molecule has 3 N–H and O–H groups in total. The molecule has 0 aliphatic heterocycles. The Bertz CT molecular complexity index is 2890. The lowest BCUT2D eigenvalue weighted by Crippen LogP contribution is -2.30. The topological polar surface area (TPSA) is 237 Å². The molecule has 0 amide bonds. The summed E-state index contributed by atoms with van der Waals surface area (Å²) in [6.07, 6.45) is 102. The van der Waals surface area contributed by atoms with Crippen molar-refractivity contribution < 1.29 is 80.2 Å². The van der Waals surface area contributed by atoms with Crippen molar-refractivity contribution in [2.75, 3.05) is 39.6 Å². The highest BCUT2D eigenvalue weighted by molar-refractivity contribution is 7.47. The van der Waals surface area contributed by atoms with Gasteiger partial charge in [-0.1, -0.05) is 293 Å². The Labute approximate surface area is 678 Å². The first kappa shape index (κ1) is 106. The average molecular weight is 1600 g/mol. The fourth-order valence-electron chi connectivity index (χ4n) is 10.6. The maximum absolute atomic E-state index is 13.2. The Morgan fingerprint density at radius 3 is 0.723 bits per heavy atom. The summed E-state index contributed by atoms with van der Waals surface area (Å²) in [5.41, 5.74) is 0. The predicted octanol–water partition coefficient (Wildman–Crippen LogP) is 25.7. The molecule has 0 bridgehead atoms. The number of ether oxygens (including phenoxy) is 4. The highest BCUT2D eigenvalue weighted by Gasteiger charge is 2.30. The van der Waals surface area contributed by atoms with Gasteiger partial charge in [-0.3, -0.25) is 37.3 Å². The summed E-state index contributed by atoms with van der Waals surface area (Å²) >= 11 is 0. The lowest BCUT2D eigenvalue weighted by atomic mass is 10.1. The number of phosphoric acid groups is 2. The minimum Gasteiger partial charge on any atom is -0.462 e. The fourth-order valence-corrected chi connectivity index (χ4v) is 12.2. The lowest BCUT2D eigenvalue weighted by Gasteiger charge is -2.21. The Hall–Kier alpha value is -6.10. The van der Waals surface area contributed by atoms with Gasteiger partial charge in [0.05, 0.1) is 26.4 Å². The van der Waals surface area contributed by atoms with E-state index in [1.54, 1.807) is 0 Å². The molecule has 5 unspecified atom stereocenters. The van der Waals surface area contributed by atoms with Crippen LogP contribution in [0.25, 0.3) is 0 Å². The Morgan fingerprint density at radius 2 is 0.464 bits per heavy atom. The highest BCUT2D eigenvalue weighted by Crippen LogP contribution is 2.45. The number of carbonyl (C=O) groups is 4. The summed E-state index contributed by atoms with van der Waals surface area (Å²) in [7, 11) is -10.0. The van der Waals surface area contributed by atoms with E-state index in [-0.39, 0.29) is 25.7 Å². The van der Waals surface area contributed by atoms with Crippen LogP contribution in [0.15, 0.2) is 194 Å². The van der Waals surface area contributed by atoms with Crippen molar-refractivity contribution in [3.05, 3.63) is 194 Å². The summed E-state index contributed by atoms with van der Waals surface area (Å²) in [6.45, 7) is 4.40. The van der Waals surface area contributed by atoms with Crippen molar-refractivity contribution in [2.45, 2.75) is 329 Å². The molecule has 0 rings (SSSR count). The van der Waals surface area contributed by atoms with Crippen molar-refractivity contribution in [1.29, 1.82) is 0 Å². The van der Waals surface area contributed by atoms with Gasteiger partial charge in [0.15, 0.2) is 12.2 Å². The SMILES string of the molecule is CC/C=C\C/C=C\C/C=C\C/C=C\C/C=C\CCCCCC(=O)OCC(COP(=O)(O)OCC(O)COP(=O)(O)OCC(COC(=O)CCCCC/C=C\C/C=C\C/C=C\C/C=C\C/C=C\CC)OC(=O)CCCCCCCC/C=C\C/C=C\C/C=C\CCCCC)OC(=O)CCCCCCC/C=C\C/C=C\C/C=C\CC. The van der Waals surface area contributed by atoms with E-state index in [2.05, 4.69) is 222 Å². The van der Waals surface area contributed by atoms with Crippen LogP contribution >= 0.6 is 15.6 Å². The van der Waals surface area contributed by atoms with E-state index in [9.17, 15) is 43.2 Å². The number of rotatable bonds is 78. The molecule has 0 aliphatic carbocycles. The van der Waals surface area contributed by atoms with Crippen LogP contribution in [0.5, 0.6) is 0 Å². The number of carbonyl (C=O) groups excluding carboxylic acids is 4. The minimum absolute atomic E-state index is 0.0594. The third-order valence-electron chi connectivity index (χ3n) is 17.0. The summed E-state index contributed by atoms with van der Waals surface area (Å²) in [4.78, 5) is 73.3. The van der Waals surface area contributed by atoms with Crippen molar-refractivity contribution in [3.63, 3.8) is 0 Å². The van der Waals surface area contributed by atoms with Crippen LogP contribution in [-0.4, -0.2) is 96.7 Å². The van der Waals surface area contributed by atoms with Gasteiger partial charge in [-0.2, -0.15) is 0 Å². The molecule has 5 atom stereocenters. The third kappa shape index (κ3) is 81.9. The maximum atomic E-state index is 13.2. The van der Waals surface area contributed by atoms with E-state index in [1.165, 1.54) is 19.3 Å². The van der Waals surface area contributed by atoms with Crippen molar-refractivity contribution in [3.8, 4) is 0 Å². The van der Waals surface area contributed by atoms with E-state index < -0.39 is 97.5 Å². The standard InChI is InChI=1S/C93H150O17P2/c1-5-9-13-17-21-25-29-33-37-40-43-46-50-53-57-61-65-69-73-77-90(95)103-83-88(109-92(97)79-75-71-67-63-59-55-49-36-32-28-24-20-16-12-8-4)85-107-111(99,100)105-81-87(94)82-106-112(101,102)108-86-89(110-93(98)80-76-72-68-64-60-56-52-48-45-42-39-35-31-27-23-19-15-11-7-3)84-104-91(96)78-74-70-66-62-58-54-51-47-44-41-38-34-30-26-22-18-14-10-6-2/h9-10,12-14,16,21-28,33-39,43-49,53-54,57-58,87-89,94H,5-8,11,15,17-20,29-32,40-42,50-52,55-56,59-86H2,1-4H3,(H,99,100)(H,101,102)/b13-9-,14-10-,16-12-,25-21-,26-22-,27-23-,28-24-,37-33-,38-34-,39-35-,46-43-,47-44-,48-45-,49-36-,57-53-,58-54-. The molecule has 0 spiro atoms. The smallest absolute Gasteiger partial charge is 0.462 e. The van der Waals surface area contributed by atoms with Crippen LogP contribution in [0.3, 0.4) is 0 Å². The third-order valence-corrected chi connectivity index (χ3v) is 18.9. The molecular weight excluding hydrogens is 1450 g/mol. The number of phosphoric ester groups is 2. The van der Waals surface area contributed by atoms with Crippen LogP contribution in [0.4, 0.5) is 0 Å². The second kappa shape index (κ2) is 82.9. The van der Waals surface area contributed by atoms with Gasteiger partial charge in [0.25, 0.3) is 0 Å². The fraction of sp³-hybridized carbons (Fsp3) is 0.613. The monoisotopic (exact) mass is 1600 g/mol. The molecule has 0 saturated heterocycles. The maximum Gasteiger partial charge on any atom is 0.472 e. The molecule has 19 heteroatoms. The van der Waals surface area contributed by atoms with Crippen molar-refractivity contribution in [2.24, 2.45) is 0 Å². The molecule has 0 aromatic carbocycles. The molecule has 0 fully saturated rings. The Kier molecular flexibility index (Phi) is 78.4. The molecule has 0 aliphatic rings. The zero-order chi connectivity index (χ0) is 81.7. The van der Waals surface area contributed by atoms with Crippen LogP contribution in [0.1, 0.15) is 310 Å². The van der Waals surface area contributed by atoms with Gasteiger partial charge >= 0.3 is 39.5 Å². The Morgan fingerprint density at radius 1 is 0.259 bits per heavy atom. The van der Waals surface area contributed by atoms with Crippen molar-refractivity contribution >= 4 is 39.5 Å². The van der Waals surface area contributed by atoms with Crippen LogP contribution in [0.2, 0.25) is 0 Å². The molecular formula is C93H150O17P2. The van der Waals surface area contributed by atoms with Crippen molar-refractivity contribution in [1.82, 2.24) is 0 Å². The van der Waals surface area contributed by atoms with Gasteiger partial charge in [-0.25, -0.2) is 9.13 Å². The second-order valence-electron chi connectivity index (χ2n) is 27.6. The average Bonchev–Trinajstić information content (AvgIpc) is 0.898. The van der Waals surface area contributed by atoms with Crippen LogP contribution in [0, 0.1) is 0 Å². The number of hydrogen-bond acceptors (Lipinski definition) is 15. The first-order valence-corrected chi connectivity index (χ1v) is 45.7. The van der Waals surface area contributed by atoms with Gasteiger partial charge < -0.3 is 33.8 Å². The van der Waals surface area contributed by atoms with E-state index in [0.717, 1.165) is 212 Å². The first-order valence-electron chi connectivity index (χ1n) is 42.7. The van der Waals surface area contributed by atoms with Gasteiger partial charge in [0.2, 0.25) is 0 Å². The summed E-state index contributed by atoms with van der Waals surface area (Å²) < 4.78 is 68.8. The number of unbranched alkanes of at least 4 members (excludes halogenated alkanes) is 20. The molecule has 112 heavy (non-hydrogen) atoms. The first-order chi connectivity index (χ1) is 54.7. The Balaban J connectivity index is 5.49. The van der Waals surface area contributed by atoms with E-state index in [1.807, 2.05) is 0 Å². The quantitative estimate of drug-likeness (QED) is 0.0169. The molecule has 0 heterocycles. The molecule has 0 radical (unpaired) electrons. The molecule has 0 aromatic rings. The highest BCUT2D eigenvalue weighted by atomic mass is 31.2. The second-order valence-corrected chi connectivity index (χ2v) is 30.5. The predicted molar refractivity (Wildman–Crippen MR) is 463 cm³/mol. The minimum atomic E-state index is -5.01. The van der Waals surface area contributed by atoms with E-state index in [0.29, 0.717) is 25.7 Å². The molecule has 0 aromatic heterocycles. The van der Waals surface area contributed by atoms with Gasteiger partial charge in [0, 0.05) is 25.7 Å². The van der Waals surface area contributed by atoms with Crippen LogP contribution in [-0.2, 0) is 65.4 Å². The number of hydrogen-bond donors (Lipinski definition) is 3. The van der Waals surface area contributed by atoms with Gasteiger partial charge in [-0.15, -0.1) is 0 Å². The number of aliphatic hydroxyl groups is 1. The normalized spacial score (nSPS) is 14.7. The largest absolute Gasteiger partial charge is 0.472 e. The van der Waals surface area contributed by atoms with E-state index >= 15 is 0 Å². The number of allylic oxidation sites excluding steroid dienone is 32. The number of aliphatic hydroxyl groups excluding tert-OH is 1. The molecule has 0 saturated carbocycles. The lowest BCUT2D eigenvalue weighted by molar-refractivity contribution is -0.161. The van der Waals surface area contributed by atoms with E-state index in [4.69, 9.17) is 37.0 Å². The molecule has 17 nitrogen and oxygen atoms in total. The molecule has 634 valence electrons. The summed E-state index contributed by atoms with van der Waals surface area (Å²) in [5, 5.41) is 10.7. The summed E-state index contributed by atoms with van der Waals surface area (Å²) in [5.74, 6) is -2.29. The van der Waals surface area contributed by atoms with Gasteiger partial charge in [-0.05, 0) is 186 Å². The number of esters is 4. The van der Waals surface area contributed by atoms with Gasteiger partial charge in [0.1, 0.15) is 19.3 Å². The summed E-state index contributed by atoms with van der Waals surface area (Å²) in [6, 6.07) is 0. The van der Waals surface area contributed by atoms with Crippen LogP contribution < -0.4 is 0 Å². The zero-order valence-electron chi connectivity index (χ0n) is 69.5.